The molecular weight excluding hydrogens is 393 g/mol. The van der Waals surface area contributed by atoms with E-state index >= 15 is 0 Å². The number of benzene rings is 2. The number of nitrogens with one attached hydrogen (secondary N) is 1. The summed E-state index contributed by atoms with van der Waals surface area (Å²) in [4.78, 5) is -0.136. The van der Waals surface area contributed by atoms with Crippen molar-refractivity contribution in [3.63, 3.8) is 0 Å². The van der Waals surface area contributed by atoms with E-state index in [4.69, 9.17) is 11.6 Å². The van der Waals surface area contributed by atoms with Crippen LogP contribution in [0.2, 0.25) is 5.02 Å². The number of hydrogen-bond donors (Lipinski definition) is 1. The molecule has 136 valence electrons. The van der Waals surface area contributed by atoms with Crippen LogP contribution in [-0.2, 0) is 10.0 Å². The Hall–Kier alpha value is -3.04. The molecule has 1 N–H and O–H groups in total. The van der Waals surface area contributed by atoms with Crippen molar-refractivity contribution in [1.82, 2.24) is 19.8 Å². The van der Waals surface area contributed by atoms with E-state index in [9.17, 15) is 12.8 Å². The van der Waals surface area contributed by atoms with Crippen molar-refractivity contribution in [2.75, 3.05) is 4.72 Å². The lowest BCUT2D eigenvalue weighted by molar-refractivity contribution is 0.599. The Balaban J connectivity index is 1.66. The molecule has 0 unspecified atom stereocenters. The molecule has 0 saturated carbocycles. The highest BCUT2D eigenvalue weighted by Crippen LogP contribution is 2.25. The average Bonchev–Trinajstić information content (AvgIpc) is 3.11. The van der Waals surface area contributed by atoms with E-state index in [0.29, 0.717) is 22.6 Å². The fraction of sp³-hybridized carbons (Fsp3) is 0. The first-order valence-corrected chi connectivity index (χ1v) is 9.54. The van der Waals surface area contributed by atoms with Gasteiger partial charge in [0.1, 0.15) is 12.1 Å². The van der Waals surface area contributed by atoms with Crippen LogP contribution in [0.5, 0.6) is 0 Å². The summed E-state index contributed by atoms with van der Waals surface area (Å²) in [7, 11) is -3.92. The van der Waals surface area contributed by atoms with Crippen LogP contribution in [0.15, 0.2) is 65.8 Å². The second-order valence-electron chi connectivity index (χ2n) is 5.61. The van der Waals surface area contributed by atoms with Gasteiger partial charge in [-0.3, -0.25) is 4.72 Å². The standard InChI is InChI=1S/C17H11ClFN5O2S/c18-14-9-13(4-5-15(14)19)27(25,26)23-12-3-1-2-11(8-12)16-6-7-17-21-20-10-24(17)22-16/h1-10,23H. The molecule has 0 aliphatic carbocycles. The minimum absolute atomic E-state index is 0.136. The molecule has 2 heterocycles. The zero-order valence-corrected chi connectivity index (χ0v) is 15.1. The third kappa shape index (κ3) is 3.46. The van der Waals surface area contributed by atoms with E-state index in [2.05, 4.69) is 20.0 Å². The van der Waals surface area contributed by atoms with Crippen LogP contribution in [0.4, 0.5) is 10.1 Å². The van der Waals surface area contributed by atoms with Gasteiger partial charge in [0, 0.05) is 11.3 Å². The molecule has 27 heavy (non-hydrogen) atoms. The number of nitrogens with zero attached hydrogens (tertiary/aromatic N) is 4. The normalized spacial score (nSPS) is 11.6. The maximum absolute atomic E-state index is 13.3. The second kappa shape index (κ2) is 6.60. The summed E-state index contributed by atoms with van der Waals surface area (Å²) in [5.74, 6) is -0.687. The lowest BCUT2D eigenvalue weighted by Gasteiger charge is -2.10. The van der Waals surface area contributed by atoms with Crippen molar-refractivity contribution < 1.29 is 12.8 Å². The fourth-order valence-electron chi connectivity index (χ4n) is 2.48. The van der Waals surface area contributed by atoms with Crippen molar-refractivity contribution >= 4 is 33.0 Å². The summed E-state index contributed by atoms with van der Waals surface area (Å²) < 4.78 is 42.3. The maximum atomic E-state index is 13.3. The SMILES string of the molecule is O=S(=O)(Nc1cccc(-c2ccc3nncn3n2)c1)c1ccc(F)c(Cl)c1. The first-order valence-electron chi connectivity index (χ1n) is 7.68. The fourth-order valence-corrected chi connectivity index (χ4v) is 3.80. The van der Waals surface area contributed by atoms with Gasteiger partial charge in [-0.25, -0.2) is 12.8 Å². The van der Waals surface area contributed by atoms with Gasteiger partial charge in [0.25, 0.3) is 10.0 Å². The van der Waals surface area contributed by atoms with Crippen molar-refractivity contribution in [3.05, 3.63) is 71.8 Å². The van der Waals surface area contributed by atoms with Gasteiger partial charge >= 0.3 is 0 Å². The number of halogens is 2. The Kier molecular flexibility index (Phi) is 4.25. The summed E-state index contributed by atoms with van der Waals surface area (Å²) in [6, 6.07) is 13.5. The molecule has 0 spiro atoms. The zero-order chi connectivity index (χ0) is 19.0. The van der Waals surface area contributed by atoms with Gasteiger partial charge in [-0.05, 0) is 42.5 Å². The van der Waals surface area contributed by atoms with Crippen molar-refractivity contribution in [3.8, 4) is 11.3 Å². The van der Waals surface area contributed by atoms with Gasteiger partial charge < -0.3 is 0 Å². The van der Waals surface area contributed by atoms with Gasteiger partial charge in [-0.1, -0.05) is 23.7 Å². The molecule has 2 aromatic carbocycles. The maximum Gasteiger partial charge on any atom is 0.261 e. The van der Waals surface area contributed by atoms with Crippen molar-refractivity contribution in [2.45, 2.75) is 4.90 Å². The predicted molar refractivity (Wildman–Crippen MR) is 98.4 cm³/mol. The topological polar surface area (TPSA) is 89.2 Å². The molecule has 10 heteroatoms. The second-order valence-corrected chi connectivity index (χ2v) is 7.70. The molecule has 0 aliphatic rings. The van der Waals surface area contributed by atoms with E-state index < -0.39 is 15.8 Å². The minimum Gasteiger partial charge on any atom is -0.280 e. The van der Waals surface area contributed by atoms with Crippen LogP contribution in [0.1, 0.15) is 0 Å². The molecule has 2 aromatic heterocycles. The third-order valence-electron chi connectivity index (χ3n) is 3.77. The lowest BCUT2D eigenvalue weighted by Crippen LogP contribution is -2.13. The molecule has 0 aliphatic heterocycles. The smallest absolute Gasteiger partial charge is 0.261 e. The minimum atomic E-state index is -3.92. The number of fused-ring (bicyclic) bond motifs is 1. The van der Waals surface area contributed by atoms with Gasteiger partial charge in [0.2, 0.25) is 0 Å². The zero-order valence-electron chi connectivity index (χ0n) is 13.5. The monoisotopic (exact) mass is 403 g/mol. The molecule has 0 saturated heterocycles. The molecule has 0 bridgehead atoms. The number of anilines is 1. The Morgan fingerprint density at radius 3 is 2.74 bits per heavy atom. The van der Waals surface area contributed by atoms with Gasteiger partial charge in [0.15, 0.2) is 5.65 Å². The Morgan fingerprint density at radius 1 is 1.07 bits per heavy atom. The van der Waals surface area contributed by atoms with Crippen molar-refractivity contribution in [2.24, 2.45) is 0 Å². The van der Waals surface area contributed by atoms with Crippen LogP contribution in [0.25, 0.3) is 16.9 Å². The van der Waals surface area contributed by atoms with Gasteiger partial charge in [0.05, 0.1) is 15.6 Å². The molecule has 0 fully saturated rings. The first-order chi connectivity index (χ1) is 12.9. The van der Waals surface area contributed by atoms with Crippen LogP contribution < -0.4 is 4.72 Å². The summed E-state index contributed by atoms with van der Waals surface area (Å²) in [6.45, 7) is 0. The number of sulfonamides is 1. The molecule has 0 atom stereocenters. The predicted octanol–water partition coefficient (Wildman–Crippen LogP) is 3.38. The lowest BCUT2D eigenvalue weighted by atomic mass is 10.1. The summed E-state index contributed by atoms with van der Waals surface area (Å²) in [6.07, 6.45) is 1.48. The van der Waals surface area contributed by atoms with Gasteiger partial charge in [-0.15, -0.1) is 10.2 Å². The van der Waals surface area contributed by atoms with Crippen molar-refractivity contribution in [1.29, 1.82) is 0 Å². The van der Waals surface area contributed by atoms with E-state index in [1.54, 1.807) is 36.4 Å². The molecular formula is C17H11ClFN5O2S. The average molecular weight is 404 g/mol. The highest BCUT2D eigenvalue weighted by molar-refractivity contribution is 7.92. The summed E-state index contributed by atoms with van der Waals surface area (Å²) >= 11 is 5.68. The molecule has 4 rings (SSSR count). The molecule has 4 aromatic rings. The Labute approximate surface area is 158 Å². The van der Waals surface area contributed by atoms with Gasteiger partial charge in [-0.2, -0.15) is 9.61 Å². The van der Waals surface area contributed by atoms with Crippen LogP contribution >= 0.6 is 11.6 Å². The highest BCUT2D eigenvalue weighted by atomic mass is 35.5. The third-order valence-corrected chi connectivity index (χ3v) is 5.44. The Morgan fingerprint density at radius 2 is 1.93 bits per heavy atom. The quantitative estimate of drug-likeness (QED) is 0.564. The van der Waals surface area contributed by atoms with E-state index in [0.717, 1.165) is 18.2 Å². The highest BCUT2D eigenvalue weighted by Gasteiger charge is 2.16. The summed E-state index contributed by atoms with van der Waals surface area (Å²) in [5, 5.41) is 11.8. The van der Waals surface area contributed by atoms with E-state index in [1.165, 1.54) is 10.8 Å². The number of hydrogen-bond acceptors (Lipinski definition) is 5. The Bertz CT molecular complexity index is 1260. The van der Waals surface area contributed by atoms with Crippen LogP contribution in [0, 0.1) is 5.82 Å². The number of aromatic nitrogens is 4. The van der Waals surface area contributed by atoms with Crippen LogP contribution in [-0.4, -0.2) is 28.2 Å². The molecule has 0 amide bonds. The first kappa shape index (κ1) is 17.4. The van der Waals surface area contributed by atoms with Crippen LogP contribution in [0.3, 0.4) is 0 Å². The van der Waals surface area contributed by atoms with E-state index in [1.807, 2.05) is 0 Å². The van der Waals surface area contributed by atoms with E-state index in [-0.39, 0.29) is 9.92 Å². The number of rotatable bonds is 4. The molecule has 0 radical (unpaired) electrons. The largest absolute Gasteiger partial charge is 0.280 e. The summed E-state index contributed by atoms with van der Waals surface area (Å²) in [5.41, 5.74) is 2.25. The molecule has 7 nitrogen and oxygen atoms in total.